The molecule has 1 saturated heterocycles. The molecule has 9 nitrogen and oxygen atoms in total. The smallest absolute Gasteiger partial charge is 0.402 e. The number of carbonyl (C=O) groups excluding carboxylic acids is 2. The molecule has 0 aromatic heterocycles. The first-order chi connectivity index (χ1) is 15.3. The maximum absolute atomic E-state index is 12.9. The number of rotatable bonds is 9. The van der Waals surface area contributed by atoms with Crippen LogP contribution in [0.25, 0.3) is 0 Å². The maximum atomic E-state index is 12.9. The Kier molecular flexibility index (Phi) is 10.2. The van der Waals surface area contributed by atoms with E-state index in [9.17, 15) is 14.9 Å². The number of hydrogen-bond acceptors (Lipinski definition) is 6. The minimum atomic E-state index is -2.03. The summed E-state index contributed by atoms with van der Waals surface area (Å²) in [7, 11) is -2.03. The largest absolute Gasteiger partial charge is 0.635 e. The van der Waals surface area contributed by atoms with Crippen LogP contribution in [0.15, 0.2) is 42.0 Å². The van der Waals surface area contributed by atoms with Crippen LogP contribution in [0.4, 0.5) is 4.79 Å². The Bertz CT molecular complexity index is 825. The summed E-state index contributed by atoms with van der Waals surface area (Å²) in [5.74, 6) is -0.244. The number of likely N-dealkylation sites (tertiary alicyclic amines) is 1. The Morgan fingerprint density at radius 2 is 2.03 bits per heavy atom. The van der Waals surface area contributed by atoms with E-state index in [0.717, 1.165) is 18.4 Å². The molecule has 1 heterocycles. The Labute approximate surface area is 189 Å². The van der Waals surface area contributed by atoms with Crippen LogP contribution in [0.3, 0.4) is 0 Å². The topological polar surface area (TPSA) is 135 Å². The summed E-state index contributed by atoms with van der Waals surface area (Å²) in [6, 6.07) is 10.4. The first-order valence-corrected chi connectivity index (χ1v) is 10.8. The molecule has 1 aliphatic rings. The Morgan fingerprint density at radius 1 is 1.31 bits per heavy atom. The summed E-state index contributed by atoms with van der Waals surface area (Å²) in [4.78, 5) is 27.0. The van der Waals surface area contributed by atoms with Gasteiger partial charge >= 0.3 is 13.4 Å². The van der Waals surface area contributed by atoms with Crippen LogP contribution in [0.2, 0.25) is 0 Å². The molecule has 0 radical (unpaired) electrons. The molecule has 2 atom stereocenters. The molecule has 10 heteroatoms. The molecular weight excluding hydrogens is 411 g/mol. The molecule has 0 saturated carbocycles. The predicted molar refractivity (Wildman–Crippen MR) is 120 cm³/mol. The molecule has 32 heavy (non-hydrogen) atoms. The van der Waals surface area contributed by atoms with Gasteiger partial charge in [-0.2, -0.15) is 5.26 Å². The third-order valence-corrected chi connectivity index (χ3v) is 5.08. The normalized spacial score (nSPS) is 17.4. The molecule has 0 unspecified atom stereocenters. The van der Waals surface area contributed by atoms with Crippen molar-refractivity contribution in [3.63, 3.8) is 0 Å². The van der Waals surface area contributed by atoms with Gasteiger partial charge < -0.3 is 30.2 Å². The molecule has 2 rings (SSSR count). The average molecular weight is 442 g/mol. The van der Waals surface area contributed by atoms with Gasteiger partial charge in [0.05, 0.1) is 0 Å². The van der Waals surface area contributed by atoms with Gasteiger partial charge in [0.1, 0.15) is 17.9 Å². The van der Waals surface area contributed by atoms with Crippen molar-refractivity contribution >= 4 is 19.3 Å². The standard InChI is InChI=1S/C22H31BN4O5/c1-16(2)12-18(14-24)21(28)27-11-7-6-10-19(27)15-25-22(29)26-20(32-23(30)31)13-17-8-4-3-5-9-17/h3-5,8-9,12,16,19-20,30-31H,6-7,10-11,13,15H2,1-2H3,(H2,25,26,29)/t19-,20-/m1/s1. The summed E-state index contributed by atoms with van der Waals surface area (Å²) in [6.45, 7) is 4.54. The van der Waals surface area contributed by atoms with Gasteiger partial charge in [-0.15, -0.1) is 0 Å². The number of carbonyl (C=O) groups is 2. The first-order valence-electron chi connectivity index (χ1n) is 10.8. The zero-order valence-electron chi connectivity index (χ0n) is 18.5. The number of allylic oxidation sites excluding steroid dienone is 1. The maximum Gasteiger partial charge on any atom is 0.635 e. The van der Waals surface area contributed by atoms with E-state index in [-0.39, 0.29) is 36.4 Å². The van der Waals surface area contributed by atoms with E-state index in [1.54, 1.807) is 11.0 Å². The highest BCUT2D eigenvalue weighted by Gasteiger charge is 2.29. The van der Waals surface area contributed by atoms with Crippen LogP contribution in [-0.4, -0.2) is 59.6 Å². The van der Waals surface area contributed by atoms with Crippen LogP contribution < -0.4 is 10.6 Å². The molecule has 0 spiro atoms. The van der Waals surface area contributed by atoms with E-state index in [0.29, 0.717) is 13.0 Å². The van der Waals surface area contributed by atoms with Crippen molar-refractivity contribution in [1.82, 2.24) is 15.5 Å². The fourth-order valence-corrected chi connectivity index (χ4v) is 3.64. The number of amides is 3. The molecule has 172 valence electrons. The van der Waals surface area contributed by atoms with E-state index in [4.69, 9.17) is 14.7 Å². The second-order valence-electron chi connectivity index (χ2n) is 8.08. The van der Waals surface area contributed by atoms with Crippen molar-refractivity contribution in [2.24, 2.45) is 5.92 Å². The first kappa shape index (κ1) is 25.4. The quantitative estimate of drug-likeness (QED) is 0.197. The summed E-state index contributed by atoms with van der Waals surface area (Å²) in [5.41, 5.74) is 0.966. The summed E-state index contributed by atoms with van der Waals surface area (Å²) in [6.07, 6.45) is 3.41. The van der Waals surface area contributed by atoms with E-state index in [1.807, 2.05) is 50.2 Å². The molecule has 4 N–H and O–H groups in total. The number of benzene rings is 1. The lowest BCUT2D eigenvalue weighted by Gasteiger charge is -2.36. The lowest BCUT2D eigenvalue weighted by Crippen LogP contribution is -2.53. The number of piperidine rings is 1. The van der Waals surface area contributed by atoms with Crippen molar-refractivity contribution in [3.05, 3.63) is 47.5 Å². The Morgan fingerprint density at radius 3 is 2.66 bits per heavy atom. The predicted octanol–water partition coefficient (Wildman–Crippen LogP) is 1.33. The minimum absolute atomic E-state index is 0.0733. The van der Waals surface area contributed by atoms with Gasteiger partial charge in [0.2, 0.25) is 0 Å². The zero-order chi connectivity index (χ0) is 23.5. The number of nitrogens with one attached hydrogen (secondary N) is 2. The van der Waals surface area contributed by atoms with Crippen molar-refractivity contribution in [1.29, 1.82) is 5.26 Å². The molecule has 3 amide bonds. The van der Waals surface area contributed by atoms with Gasteiger partial charge in [-0.05, 0) is 30.7 Å². The molecule has 0 bridgehead atoms. The SMILES string of the molecule is CC(C)C=C(C#N)C(=O)N1CCCC[C@@H]1CNC(=O)N[C@@H](Cc1ccccc1)OB(O)O. The summed E-state index contributed by atoms with van der Waals surface area (Å²) in [5, 5.41) is 33.0. The minimum Gasteiger partial charge on any atom is -0.402 e. The van der Waals surface area contributed by atoms with Gasteiger partial charge in [0.25, 0.3) is 5.91 Å². The van der Waals surface area contributed by atoms with Crippen LogP contribution in [-0.2, 0) is 15.9 Å². The third-order valence-electron chi connectivity index (χ3n) is 5.08. The zero-order valence-corrected chi connectivity index (χ0v) is 18.5. The van der Waals surface area contributed by atoms with Crippen molar-refractivity contribution in [2.75, 3.05) is 13.1 Å². The lowest BCUT2D eigenvalue weighted by molar-refractivity contribution is -0.130. The molecule has 0 aliphatic carbocycles. The Balaban J connectivity index is 1.97. The van der Waals surface area contributed by atoms with Gasteiger partial charge in [-0.1, -0.05) is 50.3 Å². The van der Waals surface area contributed by atoms with Gasteiger partial charge in [-0.25, -0.2) is 4.79 Å². The molecule has 1 aromatic carbocycles. The second kappa shape index (κ2) is 12.9. The summed E-state index contributed by atoms with van der Waals surface area (Å²) >= 11 is 0. The highest BCUT2D eigenvalue weighted by atomic mass is 16.6. The average Bonchev–Trinajstić information content (AvgIpc) is 2.76. The number of hydrogen-bond donors (Lipinski definition) is 4. The van der Waals surface area contributed by atoms with Crippen LogP contribution in [0.1, 0.15) is 38.7 Å². The third kappa shape index (κ3) is 8.34. The molecule has 1 aliphatic heterocycles. The lowest BCUT2D eigenvalue weighted by atomic mass is 10.00. The van der Waals surface area contributed by atoms with Gasteiger partial charge in [0, 0.05) is 25.6 Å². The van der Waals surface area contributed by atoms with Crippen LogP contribution in [0.5, 0.6) is 0 Å². The number of nitriles is 1. The number of urea groups is 1. The fourth-order valence-electron chi connectivity index (χ4n) is 3.64. The van der Waals surface area contributed by atoms with E-state index >= 15 is 0 Å². The molecular formula is C22H31BN4O5. The fraction of sp³-hybridized carbons (Fsp3) is 0.500. The van der Waals surface area contributed by atoms with E-state index in [2.05, 4.69) is 10.6 Å². The van der Waals surface area contributed by atoms with Gasteiger partial charge in [0.15, 0.2) is 0 Å². The van der Waals surface area contributed by atoms with Gasteiger partial charge in [-0.3, -0.25) is 4.79 Å². The van der Waals surface area contributed by atoms with Crippen LogP contribution >= 0.6 is 0 Å². The van der Waals surface area contributed by atoms with E-state index in [1.165, 1.54) is 0 Å². The van der Waals surface area contributed by atoms with Crippen molar-refractivity contribution in [3.8, 4) is 6.07 Å². The highest BCUT2D eigenvalue weighted by Crippen LogP contribution is 2.19. The molecule has 1 fully saturated rings. The van der Waals surface area contributed by atoms with Crippen LogP contribution in [0, 0.1) is 17.2 Å². The highest BCUT2D eigenvalue weighted by molar-refractivity contribution is 6.32. The van der Waals surface area contributed by atoms with Crippen molar-refractivity contribution < 1.29 is 24.3 Å². The monoisotopic (exact) mass is 442 g/mol. The number of nitrogens with zero attached hydrogens (tertiary/aromatic N) is 2. The molecule has 1 aromatic rings. The van der Waals surface area contributed by atoms with Crippen molar-refractivity contribution in [2.45, 2.75) is 51.8 Å². The van der Waals surface area contributed by atoms with E-state index < -0.39 is 19.6 Å². The second-order valence-corrected chi connectivity index (χ2v) is 8.08. The Hall–Kier alpha value is -2.87. The summed E-state index contributed by atoms with van der Waals surface area (Å²) < 4.78 is 4.99.